The summed E-state index contributed by atoms with van der Waals surface area (Å²) in [7, 11) is 0. The first kappa shape index (κ1) is 15.5. The highest BCUT2D eigenvalue weighted by Gasteiger charge is 2.54. The predicted molar refractivity (Wildman–Crippen MR) is 92.1 cm³/mol. The molecule has 2 heterocycles. The predicted octanol–water partition coefficient (Wildman–Crippen LogP) is 1.67. The molecule has 1 saturated carbocycles. The molecule has 8 heteroatoms. The first-order valence-electron chi connectivity index (χ1n) is 8.32. The van der Waals surface area contributed by atoms with Crippen LogP contribution in [0.4, 0.5) is 15.3 Å². The number of amides is 5. The van der Waals surface area contributed by atoms with Gasteiger partial charge in [-0.2, -0.15) is 0 Å². The molecule has 5 amide bonds. The number of hydrogen-bond donors (Lipinski definition) is 5. The molecule has 2 unspecified atom stereocenters. The van der Waals surface area contributed by atoms with Crippen molar-refractivity contribution in [1.29, 1.82) is 0 Å². The summed E-state index contributed by atoms with van der Waals surface area (Å²) in [5.74, 6) is -0.407. The number of carbonyl (C=O) groups is 3. The monoisotopic (exact) mass is 341 g/mol. The number of rotatable bonds is 3. The van der Waals surface area contributed by atoms with Crippen LogP contribution in [-0.4, -0.2) is 35.0 Å². The number of nitrogens with one attached hydrogen (secondary N) is 5. The minimum Gasteiger partial charge on any atom is -0.361 e. The molecule has 1 aliphatic heterocycles. The average molecular weight is 341 g/mol. The summed E-state index contributed by atoms with van der Waals surface area (Å²) >= 11 is 0. The summed E-state index contributed by atoms with van der Waals surface area (Å²) in [5, 5.41) is 11.7. The van der Waals surface area contributed by atoms with E-state index in [2.05, 4.69) is 26.3 Å². The lowest BCUT2D eigenvalue weighted by Crippen LogP contribution is -2.53. The van der Waals surface area contributed by atoms with Crippen LogP contribution in [0.15, 0.2) is 30.5 Å². The molecule has 1 spiro atoms. The van der Waals surface area contributed by atoms with Gasteiger partial charge in [-0.3, -0.25) is 10.1 Å². The molecule has 8 nitrogen and oxygen atoms in total. The molecule has 2 atom stereocenters. The number of imide groups is 1. The van der Waals surface area contributed by atoms with Gasteiger partial charge in [-0.05, 0) is 36.4 Å². The Bertz CT molecular complexity index is 861. The van der Waals surface area contributed by atoms with Crippen molar-refractivity contribution < 1.29 is 14.4 Å². The maximum absolute atomic E-state index is 12.2. The fourth-order valence-corrected chi connectivity index (χ4v) is 3.84. The van der Waals surface area contributed by atoms with Crippen molar-refractivity contribution in [2.24, 2.45) is 5.92 Å². The number of benzene rings is 1. The lowest BCUT2D eigenvalue weighted by atomic mass is 9.87. The van der Waals surface area contributed by atoms with E-state index < -0.39 is 11.6 Å². The topological polar surface area (TPSA) is 115 Å². The third kappa shape index (κ3) is 2.69. The highest BCUT2D eigenvalue weighted by molar-refractivity contribution is 6.07. The van der Waals surface area contributed by atoms with Crippen LogP contribution in [0, 0.1) is 5.92 Å². The minimum absolute atomic E-state index is 0.115. The zero-order chi connectivity index (χ0) is 17.4. The van der Waals surface area contributed by atoms with Crippen molar-refractivity contribution in [3.8, 4) is 0 Å². The van der Waals surface area contributed by atoms with E-state index in [9.17, 15) is 14.4 Å². The van der Waals surface area contributed by atoms with Crippen LogP contribution in [0.1, 0.15) is 19.3 Å². The smallest absolute Gasteiger partial charge is 0.322 e. The fourth-order valence-electron chi connectivity index (χ4n) is 3.84. The molecule has 1 saturated heterocycles. The maximum atomic E-state index is 12.2. The van der Waals surface area contributed by atoms with Crippen molar-refractivity contribution in [2.75, 3.05) is 11.9 Å². The molecule has 4 rings (SSSR count). The molecule has 1 aromatic carbocycles. The second kappa shape index (κ2) is 5.80. The van der Waals surface area contributed by atoms with Crippen LogP contribution < -0.4 is 21.3 Å². The third-order valence-corrected chi connectivity index (χ3v) is 5.11. The summed E-state index contributed by atoms with van der Waals surface area (Å²) in [4.78, 5) is 38.9. The van der Waals surface area contributed by atoms with Gasteiger partial charge < -0.3 is 20.9 Å². The van der Waals surface area contributed by atoms with Gasteiger partial charge in [-0.25, -0.2) is 9.59 Å². The SMILES string of the molecule is O=C(NCC1CCCC12NC(=O)NC2=O)Nc1ccc2cc[nH]c2c1. The zero-order valence-electron chi connectivity index (χ0n) is 13.5. The molecule has 2 aromatic rings. The van der Waals surface area contributed by atoms with E-state index >= 15 is 0 Å². The summed E-state index contributed by atoms with van der Waals surface area (Å²) < 4.78 is 0. The summed E-state index contributed by atoms with van der Waals surface area (Å²) in [6, 6.07) is 6.78. The van der Waals surface area contributed by atoms with E-state index in [0.717, 1.165) is 23.7 Å². The molecule has 1 aliphatic carbocycles. The second-order valence-electron chi connectivity index (χ2n) is 6.58. The Morgan fingerprint density at radius 1 is 1.28 bits per heavy atom. The molecule has 2 aliphatic rings. The Hall–Kier alpha value is -3.03. The van der Waals surface area contributed by atoms with Crippen LogP contribution in [-0.2, 0) is 4.79 Å². The quantitative estimate of drug-likeness (QED) is 0.547. The zero-order valence-corrected chi connectivity index (χ0v) is 13.5. The molecule has 2 fully saturated rings. The Balaban J connectivity index is 1.38. The van der Waals surface area contributed by atoms with Gasteiger partial charge in [0.05, 0.1) is 0 Å². The number of fused-ring (bicyclic) bond motifs is 1. The van der Waals surface area contributed by atoms with Crippen LogP contribution in [0.2, 0.25) is 0 Å². The first-order chi connectivity index (χ1) is 12.1. The van der Waals surface area contributed by atoms with Crippen molar-refractivity contribution in [3.05, 3.63) is 30.5 Å². The first-order valence-corrected chi connectivity index (χ1v) is 8.32. The van der Waals surface area contributed by atoms with Gasteiger partial charge in [0.15, 0.2) is 0 Å². The van der Waals surface area contributed by atoms with Crippen LogP contribution in [0.3, 0.4) is 0 Å². The summed E-state index contributed by atoms with van der Waals surface area (Å²) in [6.45, 7) is 0.324. The lowest BCUT2D eigenvalue weighted by Gasteiger charge is -2.28. The van der Waals surface area contributed by atoms with Gasteiger partial charge in [0.2, 0.25) is 0 Å². The van der Waals surface area contributed by atoms with E-state index in [4.69, 9.17) is 0 Å². The Kier molecular flexibility index (Phi) is 3.60. The van der Waals surface area contributed by atoms with Crippen molar-refractivity contribution >= 4 is 34.6 Å². The Labute approximate surface area is 143 Å². The Morgan fingerprint density at radius 3 is 2.96 bits per heavy atom. The van der Waals surface area contributed by atoms with E-state index in [1.54, 1.807) is 0 Å². The molecular formula is C17H19N5O3. The molecule has 0 bridgehead atoms. The van der Waals surface area contributed by atoms with Gasteiger partial charge in [-0.15, -0.1) is 0 Å². The number of anilines is 1. The van der Waals surface area contributed by atoms with Gasteiger partial charge in [0.1, 0.15) is 5.54 Å². The van der Waals surface area contributed by atoms with Gasteiger partial charge >= 0.3 is 12.1 Å². The molecule has 130 valence electrons. The molecule has 25 heavy (non-hydrogen) atoms. The number of urea groups is 2. The average Bonchev–Trinajstić information content (AvgIpc) is 3.25. The lowest BCUT2D eigenvalue weighted by molar-refractivity contribution is -0.125. The van der Waals surface area contributed by atoms with Gasteiger partial charge in [0.25, 0.3) is 5.91 Å². The van der Waals surface area contributed by atoms with Crippen LogP contribution in [0.25, 0.3) is 10.9 Å². The number of H-pyrrole nitrogens is 1. The number of carbonyl (C=O) groups excluding carboxylic acids is 3. The van der Waals surface area contributed by atoms with Gasteiger partial charge in [0, 0.05) is 29.9 Å². The largest absolute Gasteiger partial charge is 0.361 e. The second-order valence-corrected chi connectivity index (χ2v) is 6.58. The van der Waals surface area contributed by atoms with Crippen molar-refractivity contribution in [1.82, 2.24) is 20.9 Å². The molecule has 1 aromatic heterocycles. The third-order valence-electron chi connectivity index (χ3n) is 5.11. The van der Waals surface area contributed by atoms with Gasteiger partial charge in [-0.1, -0.05) is 12.5 Å². The van der Waals surface area contributed by atoms with E-state index in [-0.39, 0.29) is 17.9 Å². The number of aromatic amines is 1. The standard InChI is InChI=1S/C17H19N5O3/c23-14-17(22-16(25)21-14)6-1-2-11(17)9-19-15(24)20-12-4-3-10-5-7-18-13(10)8-12/h3-5,7-8,11,18H,1-2,6,9H2,(H2,19,20,24)(H2,21,22,23,25). The Morgan fingerprint density at radius 2 is 2.16 bits per heavy atom. The minimum atomic E-state index is -0.881. The van der Waals surface area contributed by atoms with Crippen LogP contribution in [0.5, 0.6) is 0 Å². The fraction of sp³-hybridized carbons (Fsp3) is 0.353. The molecule has 5 N–H and O–H groups in total. The van der Waals surface area contributed by atoms with Crippen LogP contribution >= 0.6 is 0 Å². The molecular weight excluding hydrogens is 322 g/mol. The van der Waals surface area contributed by atoms with E-state index in [1.165, 1.54) is 0 Å². The molecule has 0 radical (unpaired) electrons. The van der Waals surface area contributed by atoms with Crippen molar-refractivity contribution in [3.63, 3.8) is 0 Å². The van der Waals surface area contributed by atoms with E-state index in [1.807, 2.05) is 30.5 Å². The maximum Gasteiger partial charge on any atom is 0.322 e. The summed E-state index contributed by atoms with van der Waals surface area (Å²) in [6.07, 6.45) is 4.06. The number of aromatic nitrogens is 1. The van der Waals surface area contributed by atoms with Crippen molar-refractivity contribution in [2.45, 2.75) is 24.8 Å². The number of hydrogen-bond acceptors (Lipinski definition) is 3. The van der Waals surface area contributed by atoms with E-state index in [0.29, 0.717) is 18.7 Å². The normalized spacial score (nSPS) is 25.2. The highest BCUT2D eigenvalue weighted by atomic mass is 16.2. The summed E-state index contributed by atoms with van der Waals surface area (Å²) in [5.41, 5.74) is 0.742. The highest BCUT2D eigenvalue weighted by Crippen LogP contribution is 2.37.